The molecule has 0 saturated carbocycles. The van der Waals surface area contributed by atoms with Gasteiger partial charge in [-0.25, -0.2) is 9.97 Å². The number of nitrogens with one attached hydrogen (secondary N) is 1. The van der Waals surface area contributed by atoms with E-state index in [0.29, 0.717) is 40.5 Å². The molecule has 0 unspecified atom stereocenters. The topological polar surface area (TPSA) is 222 Å². The third-order valence-electron chi connectivity index (χ3n) is 14.8. The zero-order valence-electron chi connectivity index (χ0n) is 48.2. The van der Waals surface area contributed by atoms with Crippen LogP contribution in [0, 0.1) is 27.7 Å². The van der Waals surface area contributed by atoms with E-state index in [9.17, 15) is 24.6 Å². The van der Waals surface area contributed by atoms with Crippen molar-refractivity contribution < 1.29 is 38.5 Å². The molecule has 3 heterocycles. The molecule has 86 heavy (non-hydrogen) atoms. The lowest BCUT2D eigenvalue weighted by molar-refractivity contribution is -0.538. The van der Waals surface area contributed by atoms with Gasteiger partial charge in [-0.3, -0.25) is 9.59 Å². The van der Waals surface area contributed by atoms with Crippen molar-refractivity contribution >= 4 is 117 Å². The number of ketones is 1. The fourth-order valence-corrected chi connectivity index (χ4v) is 10.3. The molecule has 0 aliphatic carbocycles. The summed E-state index contributed by atoms with van der Waals surface area (Å²) in [4.78, 5) is 44.1. The van der Waals surface area contributed by atoms with E-state index < -0.39 is 0 Å². The number of allylic oxidation sites excluding steroid dienone is 1. The molecule has 0 saturated heterocycles. The highest BCUT2D eigenvalue weighted by atomic mass is 16.5. The Hall–Kier alpha value is -11.1. The fourth-order valence-electron chi connectivity index (χ4n) is 10.3. The molecule has 424 valence electrons. The second kappa shape index (κ2) is 24.4. The van der Waals surface area contributed by atoms with Gasteiger partial charge in [0.2, 0.25) is 39.3 Å². The molecule has 16 heteroatoms. The lowest BCUT2D eigenvalue weighted by atomic mass is 10.1. The lowest BCUT2D eigenvalue weighted by Crippen LogP contribution is -2.33. The first-order chi connectivity index (χ1) is 41.6. The number of benzene rings is 10. The highest BCUT2D eigenvalue weighted by Crippen LogP contribution is 2.39. The first-order valence-corrected chi connectivity index (χ1v) is 28.0. The maximum atomic E-state index is 12.6. The SMILES string of the molecule is CC(=O)CCC(=O)Nc1cc2c(cc1C)nc1cc(C)c(N=Nc3c(O)ccc4ccccc34)cc1[n+]2-c1ccccc1.CC1=CCC(=O)O1.Cc1cc2nc3cc(C)c(N=Nc4c(O)ccc5ccccc45)cc3[n+](-c3ccccc3)c2cc1N. The molecule has 5 N–H and O–H groups in total. The standard InChI is InChI=1S/C35H29N5O3.C30H23N5O.C5H6O2/c1-21-17-29-31(19-27(21)37-34(43)16-13-23(3)41)40(25-10-5-4-6-11-25)32-20-28(22(2)18-30(32)36-29)38-39-35-26-12-8-7-9-24(26)14-15-33(35)42;1-18-14-25-27(16-23(18)31)35(21-9-4-3-5-10-21)28-17-24(19(2)15-26(28)32-25)33-34-30-22-11-7-6-8-20(22)12-13-29(30)36;1-4-2-3-5(6)7-4/h4-12,14-15,17-20H,13,16H2,1-3H3,(H,37,38,42,43);3-17H,1-2H3,(H2,31,33,36);2H,3H2,1H3/p+2. The molecule has 1 aliphatic rings. The average Bonchev–Trinajstić information content (AvgIpc) is 2.16. The fraction of sp³-hybridized carbons (Fsp3) is 0.129. The number of Topliss-reactive ketones (excluding diaryl/α,β-unsaturated/α-hetero) is 1. The van der Waals surface area contributed by atoms with Gasteiger partial charge in [0.1, 0.15) is 56.5 Å². The van der Waals surface area contributed by atoms with Crippen LogP contribution in [0.25, 0.3) is 77.1 Å². The Morgan fingerprint density at radius 3 is 1.43 bits per heavy atom. The van der Waals surface area contributed by atoms with E-state index in [4.69, 9.17) is 15.7 Å². The number of nitrogen functional groups attached to an aromatic ring is 1. The largest absolute Gasteiger partial charge is 0.506 e. The van der Waals surface area contributed by atoms with Crippen molar-refractivity contribution in [3.05, 3.63) is 216 Å². The first-order valence-electron chi connectivity index (χ1n) is 28.0. The molecule has 0 atom stereocenters. The number of rotatable bonds is 10. The summed E-state index contributed by atoms with van der Waals surface area (Å²) in [6.07, 6.45) is 2.54. The number of phenolic OH excluding ortho intramolecular Hbond substituents is 2. The number of phenols is 2. The van der Waals surface area contributed by atoms with Crippen LogP contribution in [0.2, 0.25) is 0 Å². The van der Waals surface area contributed by atoms with E-state index in [1.807, 2.05) is 185 Å². The monoisotopic (exact) mass is 1140 g/mol. The molecule has 13 rings (SSSR count). The van der Waals surface area contributed by atoms with Crippen LogP contribution in [0.15, 0.2) is 214 Å². The Kier molecular flexibility index (Phi) is 16.1. The van der Waals surface area contributed by atoms with Gasteiger partial charge >= 0.3 is 5.97 Å². The number of para-hydroxylation sites is 2. The third-order valence-corrected chi connectivity index (χ3v) is 14.8. The summed E-state index contributed by atoms with van der Waals surface area (Å²) in [7, 11) is 0. The summed E-state index contributed by atoms with van der Waals surface area (Å²) in [6.45, 7) is 11.1. The number of fused-ring (bicyclic) bond motifs is 6. The average molecular weight is 1140 g/mol. The third kappa shape index (κ3) is 12.0. The van der Waals surface area contributed by atoms with E-state index in [0.717, 1.165) is 105 Å². The van der Waals surface area contributed by atoms with Gasteiger partial charge in [0.25, 0.3) is 0 Å². The highest BCUT2D eigenvalue weighted by Gasteiger charge is 2.25. The predicted octanol–water partition coefficient (Wildman–Crippen LogP) is 15.8. The summed E-state index contributed by atoms with van der Waals surface area (Å²) in [5.74, 6) is 0.493. The Labute approximate surface area is 495 Å². The summed E-state index contributed by atoms with van der Waals surface area (Å²) in [5.41, 5.74) is 22.1. The minimum Gasteiger partial charge on any atom is -0.506 e. The number of nitrogens with zero attached hydrogens (tertiary/aromatic N) is 8. The molecule has 0 bridgehead atoms. The van der Waals surface area contributed by atoms with E-state index in [1.54, 1.807) is 25.1 Å². The molecule has 0 radical (unpaired) electrons. The van der Waals surface area contributed by atoms with Gasteiger partial charge in [0.05, 0.1) is 23.5 Å². The lowest BCUT2D eigenvalue weighted by Gasteiger charge is -2.11. The van der Waals surface area contributed by atoms with Gasteiger partial charge in [0.15, 0.2) is 0 Å². The zero-order valence-corrected chi connectivity index (χ0v) is 48.2. The first kappa shape index (κ1) is 56.7. The Balaban J connectivity index is 0.000000162. The number of hydrogen-bond donors (Lipinski definition) is 4. The van der Waals surface area contributed by atoms with Crippen LogP contribution >= 0.6 is 0 Å². The number of hydrogen-bond acceptors (Lipinski definition) is 13. The molecule has 16 nitrogen and oxygen atoms in total. The van der Waals surface area contributed by atoms with E-state index in [2.05, 4.69) is 51.8 Å². The quantitative estimate of drug-likeness (QED) is 0.0336. The van der Waals surface area contributed by atoms with Crippen molar-refractivity contribution in [3.63, 3.8) is 0 Å². The Bertz CT molecular complexity index is 4800. The van der Waals surface area contributed by atoms with Crippen LogP contribution in [-0.2, 0) is 19.1 Å². The summed E-state index contributed by atoms with van der Waals surface area (Å²) >= 11 is 0. The zero-order chi connectivity index (χ0) is 60.2. The highest BCUT2D eigenvalue weighted by molar-refractivity contribution is 5.98. The van der Waals surface area contributed by atoms with Crippen LogP contribution < -0.4 is 20.2 Å². The Morgan fingerprint density at radius 2 is 0.977 bits per heavy atom. The van der Waals surface area contributed by atoms with Crippen LogP contribution in [0.1, 0.15) is 55.4 Å². The van der Waals surface area contributed by atoms with Gasteiger partial charge in [-0.05, 0) is 117 Å². The van der Waals surface area contributed by atoms with Crippen LogP contribution in [0.3, 0.4) is 0 Å². The van der Waals surface area contributed by atoms with E-state index in [-0.39, 0.29) is 42.0 Å². The number of cyclic esters (lactones) is 1. The van der Waals surface area contributed by atoms with Crippen molar-refractivity contribution in [2.24, 2.45) is 20.5 Å². The number of carbonyl (C=O) groups excluding carboxylic acids is 3. The predicted molar refractivity (Wildman–Crippen MR) is 338 cm³/mol. The second-order valence-corrected chi connectivity index (χ2v) is 21.1. The van der Waals surface area contributed by atoms with Crippen LogP contribution in [0.5, 0.6) is 11.5 Å². The van der Waals surface area contributed by atoms with Crippen molar-refractivity contribution in [3.8, 4) is 22.9 Å². The summed E-state index contributed by atoms with van der Waals surface area (Å²) < 4.78 is 8.83. The minimum absolute atomic E-state index is 0.0260. The molecule has 1 aliphatic heterocycles. The molecule has 1 amide bonds. The minimum atomic E-state index is -0.215. The molecular weight excluding hydrogens is 1080 g/mol. The number of aromatic nitrogens is 4. The van der Waals surface area contributed by atoms with Crippen LogP contribution in [0.4, 0.5) is 34.1 Å². The molecule has 10 aromatic carbocycles. The maximum absolute atomic E-state index is 12.6. The molecule has 0 fully saturated rings. The van der Waals surface area contributed by atoms with Gasteiger partial charge in [-0.1, -0.05) is 97.1 Å². The van der Waals surface area contributed by atoms with Crippen molar-refractivity contribution in [2.75, 3.05) is 11.1 Å². The second-order valence-electron chi connectivity index (χ2n) is 21.1. The number of ether oxygens (including phenoxy) is 1. The number of aryl methyl sites for hydroxylation is 4. The smallest absolute Gasteiger partial charge is 0.314 e. The number of aromatic hydroxyl groups is 2. The number of nitrogens with two attached hydrogens (primary N) is 1. The molecule has 0 spiro atoms. The number of anilines is 2. The van der Waals surface area contributed by atoms with Crippen LogP contribution in [-0.4, -0.2) is 37.8 Å². The van der Waals surface area contributed by atoms with Gasteiger partial charge in [-0.2, -0.15) is 0 Å². The van der Waals surface area contributed by atoms with Gasteiger partial charge < -0.3 is 30.8 Å². The Morgan fingerprint density at radius 1 is 0.535 bits per heavy atom. The summed E-state index contributed by atoms with van der Waals surface area (Å²) in [6, 6.07) is 58.4. The summed E-state index contributed by atoms with van der Waals surface area (Å²) in [5, 5.41) is 45.8. The van der Waals surface area contributed by atoms with Crippen molar-refractivity contribution in [1.82, 2.24) is 9.97 Å². The number of amides is 1. The number of azo groups is 2. The maximum Gasteiger partial charge on any atom is 0.314 e. The number of carbonyl (C=O) groups is 3. The normalized spacial score (nSPS) is 12.2. The van der Waals surface area contributed by atoms with Crippen molar-refractivity contribution in [2.45, 2.75) is 60.8 Å². The number of esters is 1. The molecular formula is C70H60N10O6+2. The van der Waals surface area contributed by atoms with Gasteiger partial charge in [0, 0.05) is 77.8 Å². The molecule has 12 aromatic rings. The van der Waals surface area contributed by atoms with Gasteiger partial charge in [-0.15, -0.1) is 29.6 Å². The molecule has 2 aromatic heterocycles. The van der Waals surface area contributed by atoms with E-state index in [1.165, 1.54) is 6.92 Å². The van der Waals surface area contributed by atoms with E-state index >= 15 is 0 Å². The van der Waals surface area contributed by atoms with Crippen molar-refractivity contribution in [1.29, 1.82) is 0 Å².